The van der Waals surface area contributed by atoms with Crippen LogP contribution in [-0.4, -0.2) is 35.4 Å². The zero-order chi connectivity index (χ0) is 18.0. The van der Waals surface area contributed by atoms with E-state index in [0.717, 1.165) is 50.5 Å². The second kappa shape index (κ2) is 10.1. The smallest absolute Gasteiger partial charge is 0.220 e. The van der Waals surface area contributed by atoms with Crippen molar-refractivity contribution in [1.82, 2.24) is 15.2 Å². The molecule has 0 unspecified atom stereocenters. The molecule has 1 fully saturated rings. The van der Waals surface area contributed by atoms with Gasteiger partial charge >= 0.3 is 0 Å². The predicted molar refractivity (Wildman–Crippen MR) is 105 cm³/mol. The number of benzene rings is 1. The molecule has 1 aromatic carbocycles. The lowest BCUT2D eigenvalue weighted by Crippen LogP contribution is -2.34. The topological polar surface area (TPSA) is 45.2 Å². The summed E-state index contributed by atoms with van der Waals surface area (Å²) in [4.78, 5) is 18.6. The minimum absolute atomic E-state index is 0.148. The second-order valence-corrected chi connectivity index (χ2v) is 7.21. The highest BCUT2D eigenvalue weighted by atomic mass is 16.1. The Morgan fingerprint density at radius 1 is 1.08 bits per heavy atom. The van der Waals surface area contributed by atoms with E-state index in [9.17, 15) is 4.79 Å². The minimum Gasteiger partial charge on any atom is -0.356 e. The number of likely N-dealkylation sites (tertiary alicyclic amines) is 1. The molecule has 0 aliphatic carbocycles. The minimum atomic E-state index is 0.148. The molecule has 2 aromatic rings. The van der Waals surface area contributed by atoms with Crippen LogP contribution < -0.4 is 5.32 Å². The Morgan fingerprint density at radius 3 is 2.58 bits per heavy atom. The second-order valence-electron chi connectivity index (χ2n) is 7.21. The van der Waals surface area contributed by atoms with E-state index in [4.69, 9.17) is 0 Å². The molecular weight excluding hydrogens is 322 g/mol. The SMILES string of the molecule is O=C(CCc1cccnc1)NCCC1CCN(Cc2ccccc2)CC1. The lowest BCUT2D eigenvalue weighted by molar-refractivity contribution is -0.121. The number of hydrogen-bond acceptors (Lipinski definition) is 3. The number of rotatable bonds is 8. The zero-order valence-electron chi connectivity index (χ0n) is 15.4. The molecule has 0 spiro atoms. The Bertz CT molecular complexity index is 652. The van der Waals surface area contributed by atoms with Gasteiger partial charge in [-0.25, -0.2) is 0 Å². The molecule has 1 amide bonds. The van der Waals surface area contributed by atoms with Gasteiger partial charge in [-0.15, -0.1) is 0 Å². The lowest BCUT2D eigenvalue weighted by Gasteiger charge is -2.32. The Kier molecular flexibility index (Phi) is 7.20. The fourth-order valence-corrected chi connectivity index (χ4v) is 3.58. The van der Waals surface area contributed by atoms with Crippen LogP contribution in [0.5, 0.6) is 0 Å². The van der Waals surface area contributed by atoms with Crippen LogP contribution >= 0.6 is 0 Å². The van der Waals surface area contributed by atoms with E-state index < -0.39 is 0 Å². The zero-order valence-corrected chi connectivity index (χ0v) is 15.4. The van der Waals surface area contributed by atoms with Crippen LogP contribution in [0.25, 0.3) is 0 Å². The van der Waals surface area contributed by atoms with E-state index >= 15 is 0 Å². The Labute approximate surface area is 156 Å². The maximum Gasteiger partial charge on any atom is 0.220 e. The average Bonchev–Trinajstić information content (AvgIpc) is 2.69. The number of amides is 1. The van der Waals surface area contributed by atoms with Crippen LogP contribution in [0.2, 0.25) is 0 Å². The third kappa shape index (κ3) is 6.26. The number of carbonyl (C=O) groups is 1. The summed E-state index contributed by atoms with van der Waals surface area (Å²) < 4.78 is 0. The number of nitrogens with one attached hydrogen (secondary N) is 1. The fourth-order valence-electron chi connectivity index (χ4n) is 3.58. The average molecular weight is 351 g/mol. The Morgan fingerprint density at radius 2 is 1.85 bits per heavy atom. The van der Waals surface area contributed by atoms with Crippen LogP contribution in [0.1, 0.15) is 36.8 Å². The van der Waals surface area contributed by atoms with Crippen LogP contribution in [0.3, 0.4) is 0 Å². The summed E-state index contributed by atoms with van der Waals surface area (Å²) in [5, 5.41) is 3.08. The first-order valence-corrected chi connectivity index (χ1v) is 9.71. The standard InChI is InChI=1S/C22H29N3O/c26-22(9-8-20-7-4-13-23-17-20)24-14-10-19-11-15-25(16-12-19)18-21-5-2-1-3-6-21/h1-7,13,17,19H,8-12,14-16,18H2,(H,24,26). The summed E-state index contributed by atoms with van der Waals surface area (Å²) in [7, 11) is 0. The molecule has 1 saturated heterocycles. The van der Waals surface area contributed by atoms with Crippen molar-refractivity contribution >= 4 is 5.91 Å². The van der Waals surface area contributed by atoms with E-state index in [0.29, 0.717) is 6.42 Å². The maximum absolute atomic E-state index is 12.0. The third-order valence-electron chi connectivity index (χ3n) is 5.19. The molecule has 138 valence electrons. The normalized spacial score (nSPS) is 15.7. The van der Waals surface area contributed by atoms with E-state index in [2.05, 4.69) is 45.5 Å². The number of pyridine rings is 1. The van der Waals surface area contributed by atoms with Crippen molar-refractivity contribution in [1.29, 1.82) is 0 Å². The highest BCUT2D eigenvalue weighted by Gasteiger charge is 2.19. The summed E-state index contributed by atoms with van der Waals surface area (Å²) in [6.45, 7) is 4.18. The monoisotopic (exact) mass is 351 g/mol. The molecule has 26 heavy (non-hydrogen) atoms. The number of aromatic nitrogens is 1. The van der Waals surface area contributed by atoms with E-state index in [1.54, 1.807) is 6.20 Å². The summed E-state index contributed by atoms with van der Waals surface area (Å²) >= 11 is 0. The fraction of sp³-hybridized carbons (Fsp3) is 0.455. The number of hydrogen-bond donors (Lipinski definition) is 1. The number of carbonyl (C=O) groups excluding carboxylic acids is 1. The van der Waals surface area contributed by atoms with Crippen molar-refractivity contribution in [2.75, 3.05) is 19.6 Å². The molecule has 3 rings (SSSR count). The van der Waals surface area contributed by atoms with E-state index in [1.165, 1.54) is 18.4 Å². The van der Waals surface area contributed by atoms with Gasteiger partial charge in [0, 0.05) is 31.9 Å². The molecule has 0 atom stereocenters. The summed E-state index contributed by atoms with van der Waals surface area (Å²) in [5.74, 6) is 0.885. The van der Waals surface area contributed by atoms with Crippen molar-refractivity contribution < 1.29 is 4.79 Å². The molecule has 1 aromatic heterocycles. The quantitative estimate of drug-likeness (QED) is 0.792. The van der Waals surface area contributed by atoms with Crippen LogP contribution in [0, 0.1) is 5.92 Å². The van der Waals surface area contributed by atoms with E-state index in [1.807, 2.05) is 18.3 Å². The molecule has 0 saturated carbocycles. The number of piperidine rings is 1. The Hall–Kier alpha value is -2.20. The molecule has 1 aliphatic heterocycles. The first-order valence-electron chi connectivity index (χ1n) is 9.71. The molecular formula is C22H29N3O. The van der Waals surface area contributed by atoms with Crippen LogP contribution in [0.4, 0.5) is 0 Å². The maximum atomic E-state index is 12.0. The lowest BCUT2D eigenvalue weighted by atomic mass is 9.93. The first-order chi connectivity index (χ1) is 12.8. The van der Waals surface area contributed by atoms with E-state index in [-0.39, 0.29) is 5.91 Å². The van der Waals surface area contributed by atoms with Crippen molar-refractivity contribution in [3.8, 4) is 0 Å². The van der Waals surface area contributed by atoms with Crippen molar-refractivity contribution in [3.63, 3.8) is 0 Å². The molecule has 4 nitrogen and oxygen atoms in total. The van der Waals surface area contributed by atoms with Gasteiger partial charge in [0.05, 0.1) is 0 Å². The van der Waals surface area contributed by atoms with Gasteiger partial charge in [-0.2, -0.15) is 0 Å². The summed E-state index contributed by atoms with van der Waals surface area (Å²) in [5.41, 5.74) is 2.51. The predicted octanol–water partition coefficient (Wildman–Crippen LogP) is 3.43. The Balaban J connectivity index is 1.27. The number of nitrogens with zero attached hydrogens (tertiary/aromatic N) is 2. The summed E-state index contributed by atoms with van der Waals surface area (Å²) in [6, 6.07) is 14.6. The van der Waals surface area contributed by atoms with Gasteiger partial charge in [0.1, 0.15) is 0 Å². The summed E-state index contributed by atoms with van der Waals surface area (Å²) in [6.07, 6.45) is 8.46. The van der Waals surface area contributed by atoms with Gasteiger partial charge < -0.3 is 5.32 Å². The number of aryl methyl sites for hydroxylation is 1. The first kappa shape index (κ1) is 18.6. The van der Waals surface area contributed by atoms with Crippen LogP contribution in [-0.2, 0) is 17.8 Å². The van der Waals surface area contributed by atoms with Crippen molar-refractivity contribution in [2.45, 2.75) is 38.6 Å². The highest BCUT2D eigenvalue weighted by Crippen LogP contribution is 2.21. The molecule has 1 N–H and O–H groups in total. The molecule has 1 aliphatic rings. The molecule has 2 heterocycles. The largest absolute Gasteiger partial charge is 0.356 e. The van der Waals surface area contributed by atoms with Gasteiger partial charge in [0.2, 0.25) is 5.91 Å². The van der Waals surface area contributed by atoms with Crippen LogP contribution in [0.15, 0.2) is 54.9 Å². The van der Waals surface area contributed by atoms with Crippen molar-refractivity contribution in [2.24, 2.45) is 5.92 Å². The molecule has 0 radical (unpaired) electrons. The van der Waals surface area contributed by atoms with Gasteiger partial charge in [0.15, 0.2) is 0 Å². The molecule has 4 heteroatoms. The van der Waals surface area contributed by atoms with Gasteiger partial charge in [-0.1, -0.05) is 36.4 Å². The van der Waals surface area contributed by atoms with Crippen molar-refractivity contribution in [3.05, 3.63) is 66.0 Å². The van der Waals surface area contributed by atoms with Gasteiger partial charge in [-0.3, -0.25) is 14.7 Å². The van der Waals surface area contributed by atoms with Gasteiger partial charge in [0.25, 0.3) is 0 Å². The molecule has 0 bridgehead atoms. The highest BCUT2D eigenvalue weighted by molar-refractivity contribution is 5.76. The third-order valence-corrected chi connectivity index (χ3v) is 5.19. The van der Waals surface area contributed by atoms with Gasteiger partial charge in [-0.05, 0) is 61.9 Å².